The molecule has 24 heavy (non-hydrogen) atoms. The predicted octanol–water partition coefficient (Wildman–Crippen LogP) is -0.671. The highest BCUT2D eigenvalue weighted by Gasteiger charge is 2.48. The smallest absolute Gasteiger partial charge is 0.252 e. The maximum atomic E-state index is 12.2. The van der Waals surface area contributed by atoms with Crippen LogP contribution in [0.15, 0.2) is 0 Å². The molecule has 3 unspecified atom stereocenters. The first-order valence-corrected chi connectivity index (χ1v) is 9.07. The van der Waals surface area contributed by atoms with E-state index in [1.165, 1.54) is 0 Å². The zero-order chi connectivity index (χ0) is 18.1. The van der Waals surface area contributed by atoms with E-state index >= 15 is 0 Å². The monoisotopic (exact) mass is 423 g/mol. The van der Waals surface area contributed by atoms with Crippen molar-refractivity contribution in [3.63, 3.8) is 0 Å². The second-order valence-corrected chi connectivity index (χ2v) is 8.96. The van der Waals surface area contributed by atoms with Gasteiger partial charge in [0.1, 0.15) is 18.3 Å². The van der Waals surface area contributed by atoms with Crippen molar-refractivity contribution in [2.75, 3.05) is 12.4 Å². The average molecular weight is 425 g/mol. The summed E-state index contributed by atoms with van der Waals surface area (Å²) in [7, 11) is 0. The topological polar surface area (TPSA) is 125 Å². The Kier molecular flexibility index (Phi) is 7.03. The Morgan fingerprint density at radius 3 is 2.50 bits per heavy atom. The van der Waals surface area contributed by atoms with Gasteiger partial charge in [0.15, 0.2) is 12.4 Å². The number of ether oxygens (including phenoxy) is 2. The van der Waals surface area contributed by atoms with Crippen molar-refractivity contribution in [3.8, 4) is 0 Å². The molecule has 8 nitrogen and oxygen atoms in total. The molecule has 0 spiro atoms. The predicted molar refractivity (Wildman–Crippen MR) is 86.9 cm³/mol. The van der Waals surface area contributed by atoms with Gasteiger partial charge in [0, 0.05) is 5.75 Å². The van der Waals surface area contributed by atoms with Gasteiger partial charge in [0.25, 0.3) is 5.91 Å². The number of nitrogens with one attached hydrogen (secondary N) is 1. The molecule has 0 aromatic rings. The molecular weight excluding hydrogens is 409 g/mol. The Morgan fingerprint density at radius 2 is 1.96 bits per heavy atom. The molecule has 2 aliphatic rings. The number of thioether (sulfide) groups is 1. The van der Waals surface area contributed by atoms with Gasteiger partial charge < -0.3 is 30.1 Å². The molecule has 0 radical (unpaired) electrons. The number of alkyl halides is 3. The summed E-state index contributed by atoms with van der Waals surface area (Å²) in [6.45, 7) is -0.478. The van der Waals surface area contributed by atoms with Crippen molar-refractivity contribution in [2.24, 2.45) is 0 Å². The summed E-state index contributed by atoms with van der Waals surface area (Å²) in [6, 6.07) is -0.692. The van der Waals surface area contributed by atoms with Crippen molar-refractivity contribution >= 4 is 57.6 Å². The van der Waals surface area contributed by atoms with E-state index in [-0.39, 0.29) is 5.12 Å². The largest absolute Gasteiger partial charge is 0.387 e. The lowest BCUT2D eigenvalue weighted by molar-refractivity contribution is -0.290. The van der Waals surface area contributed by atoms with E-state index in [1.54, 1.807) is 0 Å². The fraction of sp³-hybridized carbons (Fsp3) is 0.833. The molecule has 12 heteroatoms. The SMILES string of the molecule is O=C1SCCC1NC(=O)C1O[C@@H](OCC(Cl)(Cl)Cl)[C@@H](O)C(O)[C@@H]1O. The average Bonchev–Trinajstić information content (AvgIpc) is 2.88. The Morgan fingerprint density at radius 1 is 1.29 bits per heavy atom. The van der Waals surface area contributed by atoms with Crippen LogP contribution < -0.4 is 5.32 Å². The first kappa shape index (κ1) is 20.5. The third-order valence-electron chi connectivity index (χ3n) is 3.49. The first-order valence-electron chi connectivity index (χ1n) is 6.95. The lowest BCUT2D eigenvalue weighted by Gasteiger charge is -2.40. The Balaban J connectivity index is 2.02. The van der Waals surface area contributed by atoms with E-state index in [0.717, 1.165) is 11.8 Å². The minimum Gasteiger partial charge on any atom is -0.387 e. The molecule has 6 atom stereocenters. The number of rotatable bonds is 4. The number of aliphatic hydroxyl groups is 3. The maximum Gasteiger partial charge on any atom is 0.252 e. The van der Waals surface area contributed by atoms with Crippen molar-refractivity contribution in [1.82, 2.24) is 5.32 Å². The first-order chi connectivity index (χ1) is 11.1. The van der Waals surface area contributed by atoms with E-state index in [1.807, 2.05) is 0 Å². The van der Waals surface area contributed by atoms with Gasteiger partial charge in [-0.05, 0) is 6.42 Å². The minimum atomic E-state index is -1.80. The molecule has 0 aliphatic carbocycles. The Hall–Kier alpha value is 0.160. The molecule has 0 aromatic carbocycles. The van der Waals surface area contributed by atoms with E-state index in [4.69, 9.17) is 44.3 Å². The van der Waals surface area contributed by atoms with Crippen LogP contribution in [0, 0.1) is 0 Å². The number of hydrogen-bond acceptors (Lipinski definition) is 8. The third kappa shape index (κ3) is 5.09. The molecule has 2 rings (SSSR count). The van der Waals surface area contributed by atoms with Crippen LogP contribution in [0.2, 0.25) is 0 Å². The van der Waals surface area contributed by atoms with E-state index in [9.17, 15) is 24.9 Å². The zero-order valence-electron chi connectivity index (χ0n) is 12.1. The molecule has 0 saturated carbocycles. The maximum absolute atomic E-state index is 12.2. The zero-order valence-corrected chi connectivity index (χ0v) is 15.2. The van der Waals surface area contributed by atoms with Gasteiger partial charge in [0.05, 0.1) is 12.6 Å². The number of amides is 1. The molecule has 138 valence electrons. The van der Waals surface area contributed by atoms with Crippen LogP contribution in [0.4, 0.5) is 0 Å². The summed E-state index contributed by atoms with van der Waals surface area (Å²) < 4.78 is 8.46. The minimum absolute atomic E-state index is 0.196. The lowest BCUT2D eigenvalue weighted by Crippen LogP contribution is -2.63. The highest BCUT2D eigenvalue weighted by molar-refractivity contribution is 8.14. The molecule has 1 amide bonds. The second-order valence-electron chi connectivity index (χ2n) is 5.34. The van der Waals surface area contributed by atoms with Crippen LogP contribution >= 0.6 is 46.6 Å². The molecule has 0 aromatic heterocycles. The van der Waals surface area contributed by atoms with Crippen LogP contribution in [-0.2, 0) is 19.1 Å². The van der Waals surface area contributed by atoms with Crippen molar-refractivity contribution in [2.45, 2.75) is 47.0 Å². The summed E-state index contributed by atoms with van der Waals surface area (Å²) in [5, 5.41) is 31.9. The van der Waals surface area contributed by atoms with Crippen LogP contribution in [0.25, 0.3) is 0 Å². The quantitative estimate of drug-likeness (QED) is 0.438. The highest BCUT2D eigenvalue weighted by Crippen LogP contribution is 2.29. The molecule has 2 heterocycles. The molecule has 2 aliphatic heterocycles. The molecule has 2 fully saturated rings. The fourth-order valence-corrected chi connectivity index (χ4v) is 3.38. The molecule has 4 N–H and O–H groups in total. The van der Waals surface area contributed by atoms with Gasteiger partial charge in [-0.15, -0.1) is 0 Å². The van der Waals surface area contributed by atoms with Gasteiger partial charge in [-0.1, -0.05) is 46.6 Å². The van der Waals surface area contributed by atoms with Gasteiger partial charge >= 0.3 is 0 Å². The van der Waals surface area contributed by atoms with Crippen molar-refractivity contribution in [3.05, 3.63) is 0 Å². The van der Waals surface area contributed by atoms with Crippen LogP contribution in [0.5, 0.6) is 0 Å². The van der Waals surface area contributed by atoms with Crippen molar-refractivity contribution < 1.29 is 34.4 Å². The highest BCUT2D eigenvalue weighted by atomic mass is 35.6. The summed E-state index contributed by atoms with van der Waals surface area (Å²) in [4.78, 5) is 23.8. The summed E-state index contributed by atoms with van der Waals surface area (Å²) in [5.74, 6) is -0.231. The van der Waals surface area contributed by atoms with Gasteiger partial charge in [-0.2, -0.15) is 0 Å². The number of halogens is 3. The number of carbonyl (C=O) groups is 2. The van der Waals surface area contributed by atoms with Crippen LogP contribution in [0.3, 0.4) is 0 Å². The van der Waals surface area contributed by atoms with Crippen LogP contribution in [0.1, 0.15) is 6.42 Å². The summed E-state index contributed by atoms with van der Waals surface area (Å²) >= 11 is 17.7. The Labute approximate surface area is 156 Å². The van der Waals surface area contributed by atoms with E-state index in [0.29, 0.717) is 12.2 Å². The van der Waals surface area contributed by atoms with Crippen molar-refractivity contribution in [1.29, 1.82) is 0 Å². The lowest BCUT2D eigenvalue weighted by atomic mass is 9.98. The standard InChI is InChI=1S/C12H16Cl3NO7S/c13-12(14,15)3-22-11-7(19)5(17)6(18)8(23-11)9(20)16-4-1-2-24-10(4)21/h4-8,11,17-19H,1-3H2,(H,16,20)/t4?,5?,6-,7-,8?,11+/m0/s1. The number of carbonyl (C=O) groups excluding carboxylic acids is 2. The number of aliphatic hydroxyl groups excluding tert-OH is 3. The summed E-state index contributed by atoms with van der Waals surface area (Å²) in [6.07, 6.45) is -7.68. The van der Waals surface area contributed by atoms with Crippen LogP contribution in [-0.4, -0.2) is 79.2 Å². The van der Waals surface area contributed by atoms with Gasteiger partial charge in [-0.25, -0.2) is 0 Å². The van der Waals surface area contributed by atoms with E-state index in [2.05, 4.69) is 5.32 Å². The normalized spacial score (nSPS) is 37.5. The number of hydrogen-bond donors (Lipinski definition) is 4. The molecule has 0 bridgehead atoms. The fourth-order valence-electron chi connectivity index (χ4n) is 2.26. The van der Waals surface area contributed by atoms with Gasteiger partial charge in [-0.3, -0.25) is 9.59 Å². The van der Waals surface area contributed by atoms with E-state index < -0.39 is 53.1 Å². The molecule has 2 saturated heterocycles. The Bertz CT molecular complexity index is 492. The summed E-state index contributed by atoms with van der Waals surface area (Å²) in [5.41, 5.74) is 0. The molecular formula is C12H16Cl3NO7S. The second kappa shape index (κ2) is 8.24. The third-order valence-corrected chi connectivity index (χ3v) is 4.83. The van der Waals surface area contributed by atoms with Gasteiger partial charge in [0.2, 0.25) is 8.91 Å².